The van der Waals surface area contributed by atoms with Crippen LogP contribution in [0.1, 0.15) is 120 Å². The van der Waals surface area contributed by atoms with Gasteiger partial charge >= 0.3 is 0 Å². The Morgan fingerprint density at radius 1 is 1.00 bits per heavy atom. The summed E-state index contributed by atoms with van der Waals surface area (Å²) in [5.41, 5.74) is -0.546. The first-order chi connectivity index (χ1) is 15.0. The van der Waals surface area contributed by atoms with Crippen molar-refractivity contribution >= 4 is 0 Å². The van der Waals surface area contributed by atoms with Crippen LogP contribution in [-0.4, -0.2) is 32.1 Å². The Morgan fingerprint density at radius 3 is 2.27 bits per heavy atom. The molecule has 3 nitrogen and oxygen atoms in total. The van der Waals surface area contributed by atoms with E-state index < -0.39 is 16.8 Å². The lowest BCUT2D eigenvalue weighted by molar-refractivity contribution is -0.200. The molecule has 3 fully saturated rings. The highest BCUT2D eigenvalue weighted by Gasteiger charge is 2.69. The lowest BCUT2D eigenvalue weighted by Gasteiger charge is -2.68. The van der Waals surface area contributed by atoms with Crippen LogP contribution in [0.5, 0.6) is 0 Å². The van der Waals surface area contributed by atoms with Gasteiger partial charge in [-0.1, -0.05) is 46.3 Å². The van der Waals surface area contributed by atoms with Gasteiger partial charge in [0.1, 0.15) is 0 Å². The molecule has 0 radical (unpaired) electrons. The number of fused-ring (bicyclic) bond motifs is 5. The quantitative estimate of drug-likeness (QED) is 0.403. The van der Waals surface area contributed by atoms with Crippen LogP contribution >= 0.6 is 0 Å². The third-order valence-electron chi connectivity index (χ3n) is 12.1. The van der Waals surface area contributed by atoms with Gasteiger partial charge in [-0.25, -0.2) is 0 Å². The average Bonchev–Trinajstić information content (AvgIpc) is 3.06. The molecule has 3 heteroatoms. The van der Waals surface area contributed by atoms with Crippen LogP contribution in [-0.2, 0) is 0 Å². The number of hydrogen-bond acceptors (Lipinski definition) is 3. The first kappa shape index (κ1) is 25.7. The van der Waals surface area contributed by atoms with Crippen molar-refractivity contribution in [2.75, 3.05) is 0 Å². The van der Waals surface area contributed by atoms with Gasteiger partial charge in [-0.3, -0.25) is 0 Å². The fourth-order valence-electron chi connectivity index (χ4n) is 9.72. The molecular weight excluding hydrogens is 408 g/mol. The fourth-order valence-corrected chi connectivity index (χ4v) is 9.72. The number of aliphatic hydroxyl groups is 3. The maximum atomic E-state index is 12.1. The van der Waals surface area contributed by atoms with Gasteiger partial charge < -0.3 is 15.3 Å². The maximum Gasteiger partial charge on any atom is 0.0861 e. The molecule has 0 aromatic rings. The first-order valence-corrected chi connectivity index (χ1v) is 13.9. The minimum absolute atomic E-state index is 0.0876. The zero-order chi connectivity index (χ0) is 24.7. The summed E-state index contributed by atoms with van der Waals surface area (Å²) >= 11 is 0. The predicted octanol–water partition coefficient (Wildman–Crippen LogP) is 6.64. The van der Waals surface area contributed by atoms with E-state index in [1.54, 1.807) is 0 Å². The van der Waals surface area contributed by atoms with Crippen molar-refractivity contribution in [1.82, 2.24) is 0 Å². The van der Waals surface area contributed by atoms with Crippen molar-refractivity contribution in [2.24, 2.45) is 39.9 Å². The van der Waals surface area contributed by atoms with E-state index in [4.69, 9.17) is 0 Å². The molecule has 9 atom stereocenters. The van der Waals surface area contributed by atoms with E-state index in [9.17, 15) is 15.3 Å². The smallest absolute Gasteiger partial charge is 0.0861 e. The summed E-state index contributed by atoms with van der Waals surface area (Å²) in [7, 11) is 0. The summed E-state index contributed by atoms with van der Waals surface area (Å²) in [5.74, 6) is 2.23. The molecule has 0 spiro atoms. The Hall–Kier alpha value is -0.380. The van der Waals surface area contributed by atoms with Crippen molar-refractivity contribution in [3.8, 4) is 0 Å². The molecule has 33 heavy (non-hydrogen) atoms. The first-order valence-electron chi connectivity index (χ1n) is 13.9. The van der Waals surface area contributed by atoms with E-state index in [-0.39, 0.29) is 16.2 Å². The van der Waals surface area contributed by atoms with E-state index in [0.717, 1.165) is 38.5 Å². The third-order valence-corrected chi connectivity index (χ3v) is 12.1. The lowest BCUT2D eigenvalue weighted by atomic mass is 9.38. The van der Waals surface area contributed by atoms with Crippen molar-refractivity contribution in [3.05, 3.63) is 11.6 Å². The molecule has 4 rings (SSSR count). The Labute approximate surface area is 203 Å². The number of rotatable bonds is 5. The summed E-state index contributed by atoms with van der Waals surface area (Å²) in [6.45, 7) is 17.8. The molecule has 0 bridgehead atoms. The zero-order valence-corrected chi connectivity index (χ0v) is 22.8. The van der Waals surface area contributed by atoms with Crippen molar-refractivity contribution < 1.29 is 15.3 Å². The number of hydrogen-bond donors (Lipinski definition) is 3. The minimum atomic E-state index is -0.851. The second-order valence-electron chi connectivity index (χ2n) is 14.4. The molecule has 0 aromatic carbocycles. The highest BCUT2D eigenvalue weighted by atomic mass is 16.3. The average molecular weight is 461 g/mol. The predicted molar refractivity (Wildman–Crippen MR) is 136 cm³/mol. The molecule has 4 aliphatic rings. The zero-order valence-electron chi connectivity index (χ0n) is 22.8. The maximum absolute atomic E-state index is 12.1. The van der Waals surface area contributed by atoms with Crippen molar-refractivity contribution in [1.29, 1.82) is 0 Å². The van der Waals surface area contributed by atoms with Crippen molar-refractivity contribution in [3.63, 3.8) is 0 Å². The van der Waals surface area contributed by atoms with Gasteiger partial charge in [-0.2, -0.15) is 0 Å². The fraction of sp³-hybridized carbons (Fsp3) is 0.933. The second-order valence-corrected chi connectivity index (χ2v) is 14.4. The van der Waals surface area contributed by atoms with Crippen LogP contribution in [0.3, 0.4) is 0 Å². The lowest BCUT2D eigenvalue weighted by Crippen LogP contribution is -2.65. The van der Waals surface area contributed by atoms with E-state index in [1.807, 2.05) is 13.8 Å². The minimum Gasteiger partial charge on any atom is -0.390 e. The van der Waals surface area contributed by atoms with Crippen LogP contribution in [0.15, 0.2) is 11.6 Å². The van der Waals surface area contributed by atoms with E-state index in [2.05, 4.69) is 47.6 Å². The van der Waals surface area contributed by atoms with Crippen LogP contribution < -0.4 is 0 Å². The monoisotopic (exact) mass is 460 g/mol. The standard InChI is InChI=1S/C30H52O3/c1-9-30(33)17-16-26(5)21(19-30)18-28(7,32)29(8)23-11-10-22(20(2)12-14-25(3,4)31)27(23,6)15-13-24(26)29/h18,20,22-24,31-33H,9-17,19H2,1-8H3/t20-,22-,23-,24-,26+,27-,28?,29+,30+/m1/s1. The Morgan fingerprint density at radius 2 is 1.67 bits per heavy atom. The van der Waals surface area contributed by atoms with Gasteiger partial charge in [-0.05, 0) is 119 Å². The molecule has 0 aromatic heterocycles. The summed E-state index contributed by atoms with van der Waals surface area (Å²) in [4.78, 5) is 0. The summed E-state index contributed by atoms with van der Waals surface area (Å²) in [5, 5.41) is 33.6. The molecule has 4 aliphatic carbocycles. The summed E-state index contributed by atoms with van der Waals surface area (Å²) in [6, 6.07) is 0. The molecule has 0 amide bonds. The van der Waals surface area contributed by atoms with Crippen LogP contribution in [0.2, 0.25) is 0 Å². The van der Waals surface area contributed by atoms with E-state index in [0.29, 0.717) is 23.7 Å². The highest BCUT2D eigenvalue weighted by Crippen LogP contribution is 2.74. The van der Waals surface area contributed by atoms with Crippen molar-refractivity contribution in [2.45, 2.75) is 136 Å². The SMILES string of the molecule is CC[C@]1(O)CC[C@@]2(C)C(=CC(C)(O)[C@@]3(C)[C@@H]4CC[C@H]([C@H](C)CCC(C)(C)O)[C@@]4(C)CC[C@@H]32)C1. The molecule has 0 aliphatic heterocycles. The third kappa shape index (κ3) is 3.78. The summed E-state index contributed by atoms with van der Waals surface area (Å²) < 4.78 is 0. The van der Waals surface area contributed by atoms with E-state index >= 15 is 0 Å². The van der Waals surface area contributed by atoms with Gasteiger partial charge in [0.15, 0.2) is 0 Å². The Kier molecular flexibility index (Phi) is 6.08. The second kappa shape index (κ2) is 7.81. The molecule has 3 saturated carbocycles. The molecule has 1 unspecified atom stereocenters. The van der Waals surface area contributed by atoms with Gasteiger partial charge in [0, 0.05) is 5.41 Å². The van der Waals surface area contributed by atoms with Gasteiger partial charge in [0.2, 0.25) is 0 Å². The molecule has 0 saturated heterocycles. The largest absolute Gasteiger partial charge is 0.390 e. The van der Waals surface area contributed by atoms with Crippen LogP contribution in [0.4, 0.5) is 0 Å². The summed E-state index contributed by atoms with van der Waals surface area (Å²) in [6.07, 6.45) is 12.4. The van der Waals surface area contributed by atoms with Gasteiger partial charge in [0.25, 0.3) is 0 Å². The Balaban J connectivity index is 1.68. The highest BCUT2D eigenvalue weighted by molar-refractivity contribution is 5.35. The molecule has 190 valence electrons. The molecule has 3 N–H and O–H groups in total. The van der Waals surface area contributed by atoms with Crippen LogP contribution in [0, 0.1) is 39.9 Å². The van der Waals surface area contributed by atoms with Crippen LogP contribution in [0.25, 0.3) is 0 Å². The molecule has 0 heterocycles. The van der Waals surface area contributed by atoms with Gasteiger partial charge in [0.05, 0.1) is 16.8 Å². The topological polar surface area (TPSA) is 60.7 Å². The van der Waals surface area contributed by atoms with E-state index in [1.165, 1.54) is 31.3 Å². The Bertz CT molecular complexity index is 793. The van der Waals surface area contributed by atoms with Gasteiger partial charge in [-0.15, -0.1) is 0 Å². The molecular formula is C30H52O3. The normalized spacial score (nSPS) is 50.8.